The monoisotopic (exact) mass is 410 g/mol. The van der Waals surface area contributed by atoms with Gasteiger partial charge in [0, 0.05) is 24.0 Å². The molecule has 1 unspecified atom stereocenters. The number of aromatic nitrogens is 2. The molecule has 2 fully saturated rings. The molecule has 0 saturated carbocycles. The van der Waals surface area contributed by atoms with Gasteiger partial charge < -0.3 is 14.3 Å². The minimum absolute atomic E-state index is 0.0833. The first-order chi connectivity index (χ1) is 14.1. The van der Waals surface area contributed by atoms with Gasteiger partial charge in [-0.05, 0) is 70.8 Å². The van der Waals surface area contributed by atoms with Crippen LogP contribution < -0.4 is 0 Å². The van der Waals surface area contributed by atoms with Crippen LogP contribution in [0.15, 0.2) is 22.7 Å². The fraction of sp³-hybridized carbons (Fsp3) is 0.500. The molecular weight excluding hydrogens is 384 g/mol. The molecule has 0 aliphatic carbocycles. The van der Waals surface area contributed by atoms with E-state index >= 15 is 0 Å². The lowest BCUT2D eigenvalue weighted by Gasteiger charge is -2.28. The van der Waals surface area contributed by atoms with E-state index in [4.69, 9.17) is 4.52 Å². The molecule has 2 aliphatic rings. The van der Waals surface area contributed by atoms with Gasteiger partial charge in [0.1, 0.15) is 0 Å². The summed E-state index contributed by atoms with van der Waals surface area (Å²) in [5, 5.41) is 4.84. The summed E-state index contributed by atoms with van der Waals surface area (Å²) in [5.74, 6) is 0.0833. The van der Waals surface area contributed by atoms with E-state index in [2.05, 4.69) is 39.0 Å². The van der Waals surface area contributed by atoms with Gasteiger partial charge in [-0.25, -0.2) is 4.98 Å². The maximum Gasteiger partial charge on any atom is 0.259 e. The first-order valence-electron chi connectivity index (χ1n) is 10.5. The lowest BCUT2D eigenvalue weighted by molar-refractivity contribution is 0.0710. The van der Waals surface area contributed by atoms with Crippen LogP contribution >= 0.6 is 11.3 Å². The number of hydrogen-bond donors (Lipinski definition) is 0. The van der Waals surface area contributed by atoms with Gasteiger partial charge in [-0.1, -0.05) is 5.16 Å². The highest BCUT2D eigenvalue weighted by atomic mass is 32.1. The van der Waals surface area contributed by atoms with Crippen molar-refractivity contribution in [3.63, 3.8) is 0 Å². The van der Waals surface area contributed by atoms with Gasteiger partial charge in [-0.3, -0.25) is 4.79 Å². The van der Waals surface area contributed by atoms with Crippen molar-refractivity contribution in [1.29, 1.82) is 0 Å². The molecule has 0 spiro atoms. The molecule has 2 aliphatic heterocycles. The maximum atomic E-state index is 13.7. The molecule has 0 bridgehead atoms. The zero-order chi connectivity index (χ0) is 20.0. The SMILES string of the molecule is Cc1ccc(-c2cc(C(=O)N3CCCC3CN3CCCC3)c3c(C)noc3n2)s1. The lowest BCUT2D eigenvalue weighted by Crippen LogP contribution is -2.42. The Morgan fingerprint density at radius 1 is 1.21 bits per heavy atom. The number of carbonyl (C=O) groups is 1. The Morgan fingerprint density at radius 3 is 2.79 bits per heavy atom. The first-order valence-corrected chi connectivity index (χ1v) is 11.3. The van der Waals surface area contributed by atoms with Crippen LogP contribution in [-0.4, -0.2) is 58.1 Å². The quantitative estimate of drug-likeness (QED) is 0.643. The van der Waals surface area contributed by atoms with Crippen LogP contribution in [0.2, 0.25) is 0 Å². The molecule has 152 valence electrons. The van der Waals surface area contributed by atoms with E-state index in [-0.39, 0.29) is 11.9 Å². The molecule has 0 radical (unpaired) electrons. The van der Waals surface area contributed by atoms with Crippen LogP contribution in [0, 0.1) is 13.8 Å². The highest BCUT2D eigenvalue weighted by Gasteiger charge is 2.33. The van der Waals surface area contributed by atoms with E-state index in [1.54, 1.807) is 11.3 Å². The van der Waals surface area contributed by atoms with Crippen molar-refractivity contribution in [2.75, 3.05) is 26.2 Å². The third-order valence-corrected chi connectivity index (χ3v) is 7.17. The van der Waals surface area contributed by atoms with Crippen LogP contribution in [0.5, 0.6) is 0 Å². The van der Waals surface area contributed by atoms with Crippen molar-refractivity contribution < 1.29 is 9.32 Å². The Hall–Kier alpha value is -2.25. The first kappa shape index (κ1) is 18.8. The summed E-state index contributed by atoms with van der Waals surface area (Å²) >= 11 is 1.67. The molecule has 6 nitrogen and oxygen atoms in total. The molecule has 3 aromatic rings. The largest absolute Gasteiger partial charge is 0.335 e. The summed E-state index contributed by atoms with van der Waals surface area (Å²) < 4.78 is 5.47. The molecule has 1 atom stereocenters. The molecule has 0 aromatic carbocycles. The number of hydrogen-bond acceptors (Lipinski definition) is 6. The van der Waals surface area contributed by atoms with Gasteiger partial charge >= 0.3 is 0 Å². The average molecular weight is 411 g/mol. The van der Waals surface area contributed by atoms with Crippen molar-refractivity contribution in [1.82, 2.24) is 19.9 Å². The maximum absolute atomic E-state index is 13.7. The summed E-state index contributed by atoms with van der Waals surface area (Å²) in [6, 6.07) is 6.35. The second-order valence-corrected chi connectivity index (χ2v) is 9.50. The molecule has 2 saturated heterocycles. The Labute approximate surface area is 174 Å². The predicted octanol–water partition coefficient (Wildman–Crippen LogP) is 4.27. The molecule has 5 rings (SSSR count). The van der Waals surface area contributed by atoms with E-state index in [9.17, 15) is 4.79 Å². The van der Waals surface area contributed by atoms with Crippen molar-refractivity contribution >= 4 is 28.3 Å². The average Bonchev–Trinajstić information content (AvgIpc) is 3.50. The Kier molecular flexibility index (Phi) is 4.87. The van der Waals surface area contributed by atoms with E-state index in [1.165, 1.54) is 17.7 Å². The van der Waals surface area contributed by atoms with Crippen molar-refractivity contribution in [3.05, 3.63) is 34.3 Å². The summed E-state index contributed by atoms with van der Waals surface area (Å²) in [6.07, 6.45) is 4.69. The van der Waals surface area contributed by atoms with E-state index in [0.29, 0.717) is 11.3 Å². The number of aryl methyl sites for hydroxylation is 2. The van der Waals surface area contributed by atoms with Crippen LogP contribution in [0.25, 0.3) is 21.7 Å². The number of amides is 1. The summed E-state index contributed by atoms with van der Waals surface area (Å²) in [7, 11) is 0. The number of thiophene rings is 1. The highest BCUT2D eigenvalue weighted by molar-refractivity contribution is 7.15. The van der Waals surface area contributed by atoms with Gasteiger partial charge in [0.15, 0.2) is 0 Å². The normalized spacial score (nSPS) is 20.2. The Morgan fingerprint density at radius 2 is 2.03 bits per heavy atom. The predicted molar refractivity (Wildman–Crippen MR) is 114 cm³/mol. The number of nitrogens with zero attached hydrogens (tertiary/aromatic N) is 4. The summed E-state index contributed by atoms with van der Waals surface area (Å²) in [5.41, 5.74) is 2.62. The smallest absolute Gasteiger partial charge is 0.259 e. The molecule has 1 amide bonds. The zero-order valence-corrected chi connectivity index (χ0v) is 17.8. The molecule has 7 heteroatoms. The summed E-state index contributed by atoms with van der Waals surface area (Å²) in [6.45, 7) is 8.07. The minimum atomic E-state index is 0.0833. The van der Waals surface area contributed by atoms with E-state index in [1.807, 2.05) is 13.0 Å². The second-order valence-electron chi connectivity index (χ2n) is 8.22. The van der Waals surface area contributed by atoms with Crippen molar-refractivity contribution in [3.8, 4) is 10.6 Å². The van der Waals surface area contributed by atoms with Gasteiger partial charge in [0.05, 0.1) is 27.2 Å². The third kappa shape index (κ3) is 3.46. The minimum Gasteiger partial charge on any atom is -0.335 e. The zero-order valence-electron chi connectivity index (χ0n) is 17.0. The molecular formula is C22H26N4O2S. The van der Waals surface area contributed by atoms with Crippen molar-refractivity contribution in [2.45, 2.75) is 45.6 Å². The van der Waals surface area contributed by atoms with Crippen molar-refractivity contribution in [2.24, 2.45) is 0 Å². The topological polar surface area (TPSA) is 62.5 Å². The molecule has 5 heterocycles. The summed E-state index contributed by atoms with van der Waals surface area (Å²) in [4.78, 5) is 25.2. The van der Waals surface area contributed by atoms with E-state index in [0.717, 1.165) is 60.7 Å². The molecule has 3 aromatic heterocycles. The third-order valence-electron chi connectivity index (χ3n) is 6.15. The van der Waals surface area contributed by atoms with E-state index < -0.39 is 0 Å². The van der Waals surface area contributed by atoms with Crippen LogP contribution in [0.1, 0.15) is 46.6 Å². The van der Waals surface area contributed by atoms with Gasteiger partial charge in [0.2, 0.25) is 0 Å². The van der Waals surface area contributed by atoms with Gasteiger partial charge in [0.25, 0.3) is 11.6 Å². The Balaban J connectivity index is 1.52. The number of likely N-dealkylation sites (tertiary alicyclic amines) is 2. The Bertz CT molecular complexity index is 1050. The van der Waals surface area contributed by atoms with Crippen LogP contribution in [0.4, 0.5) is 0 Å². The standard InChI is InChI=1S/C22H26N4O2S/c1-14-7-8-19(29-14)18-12-17(20-15(2)24-28-21(20)23-18)22(27)26-11-5-6-16(26)13-25-9-3-4-10-25/h7-8,12,16H,3-6,9-11,13H2,1-2H3. The number of carbonyl (C=O) groups excluding carboxylic acids is 1. The van der Waals surface area contributed by atoms with Crippen LogP contribution in [-0.2, 0) is 0 Å². The fourth-order valence-electron chi connectivity index (χ4n) is 4.67. The fourth-order valence-corrected chi connectivity index (χ4v) is 5.50. The molecule has 0 N–H and O–H groups in total. The number of pyridine rings is 1. The van der Waals surface area contributed by atoms with Gasteiger partial charge in [-0.15, -0.1) is 11.3 Å². The van der Waals surface area contributed by atoms with Gasteiger partial charge in [-0.2, -0.15) is 0 Å². The second kappa shape index (κ2) is 7.54. The number of rotatable bonds is 4. The number of fused-ring (bicyclic) bond motifs is 1. The molecule has 29 heavy (non-hydrogen) atoms. The highest BCUT2D eigenvalue weighted by Crippen LogP contribution is 2.33. The van der Waals surface area contributed by atoms with Crippen LogP contribution in [0.3, 0.4) is 0 Å². The lowest BCUT2D eigenvalue weighted by atomic mass is 10.1.